The van der Waals surface area contributed by atoms with Crippen LogP contribution in [-0.2, 0) is 19.1 Å². The topological polar surface area (TPSA) is 76.1 Å². The lowest BCUT2D eigenvalue weighted by Gasteiger charge is -2.38. The number of hydrogen-bond acceptors (Lipinski definition) is 5. The van der Waals surface area contributed by atoms with Crippen molar-refractivity contribution in [2.24, 2.45) is 0 Å². The molecule has 0 radical (unpaired) electrons. The number of carboxylic acid groups (broad SMARTS) is 1. The van der Waals surface area contributed by atoms with Crippen LogP contribution in [0.1, 0.15) is 15.8 Å². The molecule has 6 nitrogen and oxygen atoms in total. The van der Waals surface area contributed by atoms with E-state index in [4.69, 9.17) is 9.47 Å². The molecule has 8 heteroatoms. The number of carbonyl (C=O) groups is 2. The summed E-state index contributed by atoms with van der Waals surface area (Å²) in [5, 5.41) is 9.37. The van der Waals surface area contributed by atoms with Crippen LogP contribution < -0.4 is 0 Å². The Morgan fingerprint density at radius 3 is 2.90 bits per heavy atom. The van der Waals surface area contributed by atoms with Gasteiger partial charge in [0.15, 0.2) is 6.10 Å². The van der Waals surface area contributed by atoms with Gasteiger partial charge in [0.1, 0.15) is 12.6 Å². The van der Waals surface area contributed by atoms with Gasteiger partial charge in [0, 0.05) is 27.9 Å². The molecule has 21 heavy (non-hydrogen) atoms. The molecule has 1 aliphatic rings. The van der Waals surface area contributed by atoms with E-state index in [1.807, 2.05) is 13.0 Å². The van der Waals surface area contributed by atoms with Crippen LogP contribution in [0.4, 0.5) is 0 Å². The van der Waals surface area contributed by atoms with Gasteiger partial charge < -0.3 is 19.5 Å². The highest BCUT2D eigenvalue weighted by Gasteiger charge is 2.42. The number of aryl methyl sites for hydroxylation is 1. The Kier molecular flexibility index (Phi) is 5.37. The number of morpholine rings is 1. The summed E-state index contributed by atoms with van der Waals surface area (Å²) in [7, 11) is 1.54. The van der Waals surface area contributed by atoms with Crippen molar-refractivity contribution in [2.75, 3.05) is 26.9 Å². The smallest absolute Gasteiger partial charge is 0.335 e. The zero-order chi connectivity index (χ0) is 15.6. The van der Waals surface area contributed by atoms with Gasteiger partial charge in [-0.3, -0.25) is 4.79 Å². The van der Waals surface area contributed by atoms with E-state index in [1.54, 1.807) is 7.11 Å². The number of thiophene rings is 1. The lowest BCUT2D eigenvalue weighted by molar-refractivity contribution is -0.173. The molecule has 1 amide bonds. The number of ether oxygens (including phenoxy) is 2. The third-order valence-corrected chi connectivity index (χ3v) is 5.48. The van der Waals surface area contributed by atoms with Crippen molar-refractivity contribution in [2.45, 2.75) is 19.1 Å². The lowest BCUT2D eigenvalue weighted by atomic mass is 10.1. The highest BCUT2D eigenvalue weighted by molar-refractivity contribution is 9.10. The van der Waals surface area contributed by atoms with Crippen molar-refractivity contribution >= 4 is 39.1 Å². The van der Waals surface area contributed by atoms with Gasteiger partial charge in [-0.2, -0.15) is 0 Å². The van der Waals surface area contributed by atoms with Gasteiger partial charge >= 0.3 is 5.97 Å². The molecule has 1 aromatic heterocycles. The number of nitrogens with zero attached hydrogens (tertiary/aromatic N) is 1. The second kappa shape index (κ2) is 6.87. The minimum absolute atomic E-state index is 0.220. The molecule has 2 atom stereocenters. The van der Waals surface area contributed by atoms with E-state index in [9.17, 15) is 14.7 Å². The number of methoxy groups -OCH3 is 1. The molecule has 0 aromatic carbocycles. The van der Waals surface area contributed by atoms with E-state index in [1.165, 1.54) is 16.2 Å². The summed E-state index contributed by atoms with van der Waals surface area (Å²) in [4.78, 5) is 26.9. The number of rotatable bonds is 5. The van der Waals surface area contributed by atoms with Gasteiger partial charge in [0.2, 0.25) is 5.91 Å². The number of carboxylic acids is 1. The molecule has 2 unspecified atom stereocenters. The fourth-order valence-electron chi connectivity index (χ4n) is 2.24. The fraction of sp³-hybridized carbons (Fsp3) is 0.538. The Labute approximate surface area is 134 Å². The maximum Gasteiger partial charge on any atom is 0.335 e. The monoisotopic (exact) mass is 377 g/mol. The quantitative estimate of drug-likeness (QED) is 0.846. The van der Waals surface area contributed by atoms with Gasteiger partial charge in [-0.05, 0) is 28.9 Å². The van der Waals surface area contributed by atoms with E-state index < -0.39 is 18.1 Å². The highest BCUT2D eigenvalue weighted by Crippen LogP contribution is 2.37. The lowest BCUT2D eigenvalue weighted by Crippen LogP contribution is -2.52. The first kappa shape index (κ1) is 16.4. The standard InChI is InChI=1S/C13H16BrNO5S/c1-7-8(14)5-9(21-7)11-12(13(17)18)20-6-10(16)15(11)3-4-19-2/h5,11-12H,3-4,6H2,1-2H3,(H,17,18). The van der Waals surface area contributed by atoms with Crippen LogP contribution in [-0.4, -0.2) is 54.9 Å². The summed E-state index contributed by atoms with van der Waals surface area (Å²) in [5.74, 6) is -1.30. The van der Waals surface area contributed by atoms with Crippen molar-refractivity contribution in [3.05, 3.63) is 20.3 Å². The van der Waals surface area contributed by atoms with Crippen LogP contribution in [0.25, 0.3) is 0 Å². The molecule has 0 spiro atoms. The van der Waals surface area contributed by atoms with Gasteiger partial charge in [-0.25, -0.2) is 4.79 Å². The molecule has 116 valence electrons. The van der Waals surface area contributed by atoms with Crippen LogP contribution in [0.5, 0.6) is 0 Å². The summed E-state index contributed by atoms with van der Waals surface area (Å²) < 4.78 is 11.2. The van der Waals surface area contributed by atoms with E-state index >= 15 is 0 Å². The van der Waals surface area contributed by atoms with Crippen molar-refractivity contribution in [1.82, 2.24) is 4.90 Å². The van der Waals surface area contributed by atoms with Gasteiger partial charge in [-0.15, -0.1) is 11.3 Å². The Morgan fingerprint density at radius 2 is 2.38 bits per heavy atom. The molecule has 1 aromatic rings. The Bertz CT molecular complexity index is 527. The maximum absolute atomic E-state index is 12.1. The minimum Gasteiger partial charge on any atom is -0.479 e. The third kappa shape index (κ3) is 3.45. The summed E-state index contributed by atoms with van der Waals surface area (Å²) in [6.07, 6.45) is -1.07. The maximum atomic E-state index is 12.1. The van der Waals surface area contributed by atoms with Crippen LogP contribution in [0.15, 0.2) is 10.5 Å². The third-order valence-electron chi connectivity index (χ3n) is 3.28. The molecular formula is C13H16BrNO5S. The molecule has 1 aliphatic heterocycles. The second-order valence-electron chi connectivity index (χ2n) is 4.65. The molecule has 0 saturated carbocycles. The molecule has 0 bridgehead atoms. The molecule has 2 heterocycles. The summed E-state index contributed by atoms with van der Waals surface area (Å²) in [5.41, 5.74) is 0. The van der Waals surface area contributed by atoms with Gasteiger partial charge in [0.25, 0.3) is 0 Å². The predicted molar refractivity (Wildman–Crippen MR) is 80.5 cm³/mol. The van der Waals surface area contributed by atoms with Crippen molar-refractivity contribution in [3.63, 3.8) is 0 Å². The molecule has 1 saturated heterocycles. The number of halogens is 1. The minimum atomic E-state index is -1.07. The van der Waals surface area contributed by atoms with E-state index in [-0.39, 0.29) is 12.5 Å². The number of amides is 1. The normalized spacial score (nSPS) is 22.6. The average Bonchev–Trinajstić information content (AvgIpc) is 2.76. The first-order valence-electron chi connectivity index (χ1n) is 6.34. The number of hydrogen-bond donors (Lipinski definition) is 1. The fourth-order valence-corrected chi connectivity index (χ4v) is 3.94. The van der Waals surface area contributed by atoms with Gasteiger partial charge in [0.05, 0.1) is 6.61 Å². The van der Waals surface area contributed by atoms with Crippen LogP contribution in [0, 0.1) is 6.92 Å². The van der Waals surface area contributed by atoms with Crippen LogP contribution in [0.2, 0.25) is 0 Å². The molecular weight excluding hydrogens is 362 g/mol. The Morgan fingerprint density at radius 1 is 1.67 bits per heavy atom. The largest absolute Gasteiger partial charge is 0.479 e. The number of aliphatic carboxylic acids is 1. The first-order chi connectivity index (χ1) is 9.95. The van der Waals surface area contributed by atoms with Crippen LogP contribution >= 0.6 is 27.3 Å². The molecule has 2 rings (SSSR count). The predicted octanol–water partition coefficient (Wildman–Crippen LogP) is 1.82. The molecule has 1 fully saturated rings. The van der Waals surface area contributed by atoms with E-state index in [0.29, 0.717) is 13.2 Å². The summed E-state index contributed by atoms with van der Waals surface area (Å²) in [6, 6.07) is 1.22. The average molecular weight is 378 g/mol. The molecule has 0 aliphatic carbocycles. The van der Waals surface area contributed by atoms with Crippen LogP contribution in [0.3, 0.4) is 0 Å². The van der Waals surface area contributed by atoms with Gasteiger partial charge in [-0.1, -0.05) is 0 Å². The zero-order valence-electron chi connectivity index (χ0n) is 11.7. The molecule has 1 N–H and O–H groups in total. The number of carbonyl (C=O) groups excluding carboxylic acids is 1. The SMILES string of the molecule is COCCN1C(=O)COC(C(=O)O)C1c1cc(Br)c(C)s1. The summed E-state index contributed by atoms with van der Waals surface area (Å²) in [6.45, 7) is 2.39. The van der Waals surface area contributed by atoms with E-state index in [2.05, 4.69) is 15.9 Å². The zero-order valence-corrected chi connectivity index (χ0v) is 14.1. The van der Waals surface area contributed by atoms with Crippen molar-refractivity contribution in [3.8, 4) is 0 Å². The Balaban J connectivity index is 2.38. The van der Waals surface area contributed by atoms with Crippen molar-refractivity contribution in [1.29, 1.82) is 0 Å². The van der Waals surface area contributed by atoms with E-state index in [0.717, 1.165) is 14.2 Å². The first-order valence-corrected chi connectivity index (χ1v) is 7.95. The Hall–Kier alpha value is -0.960. The highest BCUT2D eigenvalue weighted by atomic mass is 79.9. The summed E-state index contributed by atoms with van der Waals surface area (Å²) >= 11 is 4.88. The second-order valence-corrected chi connectivity index (χ2v) is 6.79. The van der Waals surface area contributed by atoms with Crippen molar-refractivity contribution < 1.29 is 24.2 Å².